The lowest BCUT2D eigenvalue weighted by Crippen LogP contribution is -2.53. The van der Waals surface area contributed by atoms with Gasteiger partial charge in [-0.2, -0.15) is 0 Å². The Hall–Kier alpha value is -2.29. The summed E-state index contributed by atoms with van der Waals surface area (Å²) in [5.74, 6) is -0.520. The fourth-order valence-corrected chi connectivity index (χ4v) is 5.66. The number of carbonyl (C=O) groups excluding carboxylic acids is 2. The average molecular weight is 585 g/mol. The fraction of sp³-hybridized carbons (Fsp3) is 0.500. The van der Waals surface area contributed by atoms with Crippen molar-refractivity contribution in [2.75, 3.05) is 17.1 Å². The van der Waals surface area contributed by atoms with Crippen molar-refractivity contribution in [3.63, 3.8) is 0 Å². The first kappa shape index (κ1) is 31.9. The Morgan fingerprint density at radius 2 is 1.71 bits per heavy atom. The van der Waals surface area contributed by atoms with Gasteiger partial charge in [0.1, 0.15) is 6.04 Å². The van der Waals surface area contributed by atoms with Gasteiger partial charge in [0.25, 0.3) is 0 Å². The largest absolute Gasteiger partial charge is 0.350 e. The molecule has 7 nitrogen and oxygen atoms in total. The number of nitrogens with one attached hydrogen (secondary N) is 1. The van der Waals surface area contributed by atoms with Gasteiger partial charge in [0, 0.05) is 35.1 Å². The minimum Gasteiger partial charge on any atom is -0.350 e. The molecule has 210 valence electrons. The van der Waals surface area contributed by atoms with Gasteiger partial charge in [-0.15, -0.1) is 0 Å². The van der Waals surface area contributed by atoms with Crippen molar-refractivity contribution in [1.82, 2.24) is 10.2 Å². The molecular weight excluding hydrogens is 545 g/mol. The third-order valence-corrected chi connectivity index (χ3v) is 7.79. The highest BCUT2D eigenvalue weighted by Crippen LogP contribution is 2.26. The van der Waals surface area contributed by atoms with Crippen LogP contribution in [0.2, 0.25) is 10.0 Å². The number of aryl methyl sites for hydroxylation is 2. The van der Waals surface area contributed by atoms with Crippen LogP contribution in [0.3, 0.4) is 0 Å². The lowest BCUT2D eigenvalue weighted by molar-refractivity contribution is -0.142. The molecule has 0 unspecified atom stereocenters. The summed E-state index contributed by atoms with van der Waals surface area (Å²) in [7, 11) is -3.57. The number of halogens is 2. The molecule has 2 rings (SSSR count). The van der Waals surface area contributed by atoms with Crippen LogP contribution in [0.1, 0.15) is 63.6 Å². The lowest BCUT2D eigenvalue weighted by atomic mass is 10.0. The van der Waals surface area contributed by atoms with E-state index in [0.29, 0.717) is 27.7 Å². The van der Waals surface area contributed by atoms with Crippen molar-refractivity contribution in [2.24, 2.45) is 0 Å². The maximum absolute atomic E-state index is 13.6. The van der Waals surface area contributed by atoms with Crippen LogP contribution < -0.4 is 9.62 Å². The summed E-state index contributed by atoms with van der Waals surface area (Å²) in [4.78, 5) is 28.3. The molecule has 0 spiro atoms. The molecule has 0 saturated carbocycles. The predicted octanol–water partition coefficient (Wildman–Crippen LogP) is 5.88. The molecule has 2 aromatic rings. The molecule has 2 aromatic carbocycles. The Morgan fingerprint density at radius 3 is 2.26 bits per heavy atom. The van der Waals surface area contributed by atoms with Crippen LogP contribution in [-0.2, 0) is 26.2 Å². The zero-order valence-corrected chi connectivity index (χ0v) is 25.6. The topological polar surface area (TPSA) is 86.8 Å². The smallest absolute Gasteiger partial charge is 0.243 e. The molecule has 1 atom stereocenters. The number of hydrogen-bond donors (Lipinski definition) is 1. The standard InChI is InChI=1S/C28H39Cl2N3O4S/c1-8-24(27(35)31-28(4,5)6)32(18-21-13-14-22(29)17-23(21)30)26(34)10-9-15-33(38(7,36)37)25-16-19(2)11-12-20(25)3/h11-14,16-17,24H,8-10,15,18H2,1-7H3,(H,31,35)/t24-/m1/s1. The maximum atomic E-state index is 13.6. The summed E-state index contributed by atoms with van der Waals surface area (Å²) in [6, 6.07) is 9.95. The molecule has 0 aliphatic rings. The lowest BCUT2D eigenvalue weighted by Gasteiger charge is -2.33. The molecule has 2 amide bonds. The second-order valence-electron chi connectivity index (χ2n) is 10.6. The second kappa shape index (κ2) is 13.2. The van der Waals surface area contributed by atoms with Crippen LogP contribution in [0.15, 0.2) is 36.4 Å². The number of nitrogens with zero attached hydrogens (tertiary/aromatic N) is 2. The van der Waals surface area contributed by atoms with E-state index in [4.69, 9.17) is 23.2 Å². The normalized spacial score (nSPS) is 12.7. The van der Waals surface area contributed by atoms with Crippen LogP contribution in [0.4, 0.5) is 5.69 Å². The maximum Gasteiger partial charge on any atom is 0.243 e. The summed E-state index contributed by atoms with van der Waals surface area (Å²) < 4.78 is 26.6. The van der Waals surface area contributed by atoms with Gasteiger partial charge >= 0.3 is 0 Å². The van der Waals surface area contributed by atoms with Crippen LogP contribution >= 0.6 is 23.2 Å². The number of anilines is 1. The average Bonchev–Trinajstić information content (AvgIpc) is 2.77. The van der Waals surface area contributed by atoms with Crippen LogP contribution in [0, 0.1) is 13.8 Å². The van der Waals surface area contributed by atoms with Gasteiger partial charge in [-0.1, -0.05) is 48.3 Å². The van der Waals surface area contributed by atoms with E-state index >= 15 is 0 Å². The number of amides is 2. The van der Waals surface area contributed by atoms with E-state index in [9.17, 15) is 18.0 Å². The summed E-state index contributed by atoms with van der Waals surface area (Å²) >= 11 is 12.5. The molecule has 0 heterocycles. The van der Waals surface area contributed by atoms with Gasteiger partial charge in [0.05, 0.1) is 11.9 Å². The summed E-state index contributed by atoms with van der Waals surface area (Å²) in [6.45, 7) is 11.5. The van der Waals surface area contributed by atoms with Crippen molar-refractivity contribution in [3.05, 3.63) is 63.1 Å². The molecule has 10 heteroatoms. The first-order valence-corrected chi connectivity index (χ1v) is 15.2. The summed E-state index contributed by atoms with van der Waals surface area (Å²) in [5, 5.41) is 3.84. The Labute approximate surface area is 237 Å². The van der Waals surface area contributed by atoms with Crippen molar-refractivity contribution in [3.8, 4) is 0 Å². The molecule has 1 N–H and O–H groups in total. The first-order valence-electron chi connectivity index (χ1n) is 12.6. The van der Waals surface area contributed by atoms with E-state index in [0.717, 1.165) is 17.4 Å². The van der Waals surface area contributed by atoms with Gasteiger partial charge in [-0.3, -0.25) is 13.9 Å². The van der Waals surface area contributed by atoms with E-state index in [1.807, 2.05) is 59.7 Å². The van der Waals surface area contributed by atoms with Crippen molar-refractivity contribution in [2.45, 2.75) is 78.9 Å². The number of carbonyl (C=O) groups is 2. The van der Waals surface area contributed by atoms with Crippen LogP contribution in [0.25, 0.3) is 0 Å². The Bertz CT molecular complexity index is 1260. The Morgan fingerprint density at radius 1 is 1.05 bits per heavy atom. The molecule has 0 saturated heterocycles. The number of benzene rings is 2. The zero-order valence-electron chi connectivity index (χ0n) is 23.3. The van der Waals surface area contributed by atoms with Crippen molar-refractivity contribution in [1.29, 1.82) is 0 Å². The molecule has 0 fully saturated rings. The van der Waals surface area contributed by atoms with E-state index in [1.54, 1.807) is 18.2 Å². The second-order valence-corrected chi connectivity index (χ2v) is 13.4. The zero-order chi connectivity index (χ0) is 28.8. The van der Waals surface area contributed by atoms with Crippen molar-refractivity contribution < 1.29 is 18.0 Å². The molecule has 0 bridgehead atoms. The molecule has 0 aliphatic heterocycles. The van der Waals surface area contributed by atoms with Crippen LogP contribution in [0.5, 0.6) is 0 Å². The first-order chi connectivity index (χ1) is 17.5. The van der Waals surface area contributed by atoms with Gasteiger partial charge in [0.2, 0.25) is 21.8 Å². The highest BCUT2D eigenvalue weighted by atomic mass is 35.5. The minimum atomic E-state index is -3.57. The predicted molar refractivity (Wildman–Crippen MR) is 156 cm³/mol. The molecule has 38 heavy (non-hydrogen) atoms. The molecule has 0 aromatic heterocycles. The number of hydrogen-bond acceptors (Lipinski definition) is 4. The monoisotopic (exact) mass is 583 g/mol. The third-order valence-electron chi connectivity index (χ3n) is 6.03. The van der Waals surface area contributed by atoms with Gasteiger partial charge < -0.3 is 10.2 Å². The quantitative estimate of drug-likeness (QED) is 0.358. The highest BCUT2D eigenvalue weighted by Gasteiger charge is 2.31. The third kappa shape index (κ3) is 9.17. The van der Waals surface area contributed by atoms with E-state index in [1.165, 1.54) is 9.21 Å². The van der Waals surface area contributed by atoms with E-state index in [2.05, 4.69) is 5.32 Å². The molecular formula is C28H39Cl2N3O4S. The van der Waals surface area contributed by atoms with E-state index in [-0.39, 0.29) is 37.7 Å². The highest BCUT2D eigenvalue weighted by molar-refractivity contribution is 7.92. The number of rotatable bonds is 11. The minimum absolute atomic E-state index is 0.0569. The number of sulfonamides is 1. The fourth-order valence-electron chi connectivity index (χ4n) is 4.18. The van der Waals surface area contributed by atoms with E-state index < -0.39 is 21.6 Å². The molecule has 0 aliphatic carbocycles. The Balaban J connectivity index is 2.31. The van der Waals surface area contributed by atoms with Gasteiger partial charge in [-0.05, 0) is 82.3 Å². The summed E-state index contributed by atoms with van der Waals surface area (Å²) in [6.07, 6.45) is 1.90. The molecule has 0 radical (unpaired) electrons. The van der Waals surface area contributed by atoms with Crippen LogP contribution in [-0.4, -0.2) is 49.5 Å². The van der Waals surface area contributed by atoms with Gasteiger partial charge in [0.15, 0.2) is 0 Å². The van der Waals surface area contributed by atoms with Gasteiger partial charge in [-0.25, -0.2) is 8.42 Å². The van der Waals surface area contributed by atoms with Crippen molar-refractivity contribution >= 4 is 50.7 Å². The SMILES string of the molecule is CC[C@H](C(=O)NC(C)(C)C)N(Cc1ccc(Cl)cc1Cl)C(=O)CCCN(c1cc(C)ccc1C)S(C)(=O)=O. The Kier molecular flexibility index (Phi) is 11.1. The summed E-state index contributed by atoms with van der Waals surface area (Å²) in [5.41, 5.74) is 2.56.